The molecule has 0 radical (unpaired) electrons. The minimum absolute atomic E-state index is 0.0136. The van der Waals surface area contributed by atoms with Crippen LogP contribution in [0.3, 0.4) is 0 Å². The van der Waals surface area contributed by atoms with Gasteiger partial charge in [-0.1, -0.05) is 24.3 Å². The smallest absolute Gasteiger partial charge is 0.317 e. The average Bonchev–Trinajstić information content (AvgIpc) is 3.21. The molecule has 1 aromatic carbocycles. The molecule has 1 aliphatic heterocycles. The lowest BCUT2D eigenvalue weighted by Gasteiger charge is -2.34. The maximum Gasteiger partial charge on any atom is 0.317 e. The van der Waals surface area contributed by atoms with Crippen molar-refractivity contribution in [3.05, 3.63) is 42.0 Å². The van der Waals surface area contributed by atoms with Crippen LogP contribution in [0.5, 0.6) is 0 Å². The third-order valence-corrected chi connectivity index (χ3v) is 5.51. The van der Waals surface area contributed by atoms with Crippen LogP contribution in [0.15, 0.2) is 36.4 Å². The molecule has 0 spiro atoms. The SMILES string of the molecule is CN(C(=O)NCc1ccc(N2CC=CC2)cc1)C1CCC(CO)CC1. The van der Waals surface area contributed by atoms with Gasteiger partial charge in [-0.05, 0) is 49.3 Å². The van der Waals surface area contributed by atoms with Gasteiger partial charge < -0.3 is 20.2 Å². The summed E-state index contributed by atoms with van der Waals surface area (Å²) in [6.45, 7) is 2.76. The van der Waals surface area contributed by atoms with Crippen LogP contribution in [0.4, 0.5) is 10.5 Å². The zero-order valence-electron chi connectivity index (χ0n) is 15.0. The van der Waals surface area contributed by atoms with E-state index in [1.54, 1.807) is 0 Å². The molecule has 1 aliphatic carbocycles. The topological polar surface area (TPSA) is 55.8 Å². The molecule has 0 aromatic heterocycles. The van der Waals surface area contributed by atoms with Crippen molar-refractivity contribution in [2.24, 2.45) is 5.92 Å². The first kappa shape index (κ1) is 17.8. The van der Waals surface area contributed by atoms with E-state index >= 15 is 0 Å². The molecule has 0 bridgehead atoms. The van der Waals surface area contributed by atoms with Crippen molar-refractivity contribution in [3.63, 3.8) is 0 Å². The second-order valence-electron chi connectivity index (χ2n) is 7.17. The lowest BCUT2D eigenvalue weighted by atomic mass is 9.86. The fourth-order valence-electron chi connectivity index (χ4n) is 3.70. The highest BCUT2D eigenvalue weighted by Crippen LogP contribution is 2.26. The van der Waals surface area contributed by atoms with Gasteiger partial charge in [-0.2, -0.15) is 0 Å². The molecule has 1 aromatic rings. The molecule has 5 nitrogen and oxygen atoms in total. The first-order chi connectivity index (χ1) is 12.2. The number of amides is 2. The Morgan fingerprint density at radius 2 is 1.80 bits per heavy atom. The predicted molar refractivity (Wildman–Crippen MR) is 101 cm³/mol. The van der Waals surface area contributed by atoms with Crippen molar-refractivity contribution in [1.29, 1.82) is 0 Å². The van der Waals surface area contributed by atoms with Gasteiger partial charge in [0.05, 0.1) is 0 Å². The van der Waals surface area contributed by atoms with E-state index in [2.05, 4.69) is 46.6 Å². The molecule has 0 atom stereocenters. The Bertz CT molecular complexity index is 583. The molecule has 2 amide bonds. The van der Waals surface area contributed by atoms with Crippen LogP contribution in [0, 0.1) is 5.92 Å². The molecule has 0 saturated heterocycles. The molecule has 5 heteroatoms. The van der Waals surface area contributed by atoms with E-state index in [0.29, 0.717) is 12.5 Å². The van der Waals surface area contributed by atoms with Gasteiger partial charge in [0.1, 0.15) is 0 Å². The van der Waals surface area contributed by atoms with Crippen LogP contribution in [0.2, 0.25) is 0 Å². The van der Waals surface area contributed by atoms with Crippen LogP contribution >= 0.6 is 0 Å². The van der Waals surface area contributed by atoms with Crippen LogP contribution in [-0.4, -0.2) is 48.8 Å². The Morgan fingerprint density at radius 1 is 1.16 bits per heavy atom. The van der Waals surface area contributed by atoms with Gasteiger partial charge in [0, 0.05) is 45.0 Å². The number of benzene rings is 1. The van der Waals surface area contributed by atoms with E-state index in [-0.39, 0.29) is 18.7 Å². The van der Waals surface area contributed by atoms with Crippen molar-refractivity contribution in [2.75, 3.05) is 31.6 Å². The molecule has 1 heterocycles. The quantitative estimate of drug-likeness (QED) is 0.808. The van der Waals surface area contributed by atoms with E-state index in [1.165, 1.54) is 5.69 Å². The van der Waals surface area contributed by atoms with Crippen LogP contribution < -0.4 is 10.2 Å². The zero-order chi connectivity index (χ0) is 17.6. The highest BCUT2D eigenvalue weighted by atomic mass is 16.3. The number of aliphatic hydroxyl groups excluding tert-OH is 1. The fraction of sp³-hybridized carbons (Fsp3) is 0.550. The summed E-state index contributed by atoms with van der Waals surface area (Å²) in [5.41, 5.74) is 2.33. The molecule has 2 aliphatic rings. The summed E-state index contributed by atoms with van der Waals surface area (Å²) in [5, 5.41) is 12.2. The average molecular weight is 343 g/mol. The van der Waals surface area contributed by atoms with Crippen molar-refractivity contribution >= 4 is 11.7 Å². The molecular formula is C20H29N3O2. The van der Waals surface area contributed by atoms with Gasteiger partial charge in [-0.3, -0.25) is 0 Å². The van der Waals surface area contributed by atoms with E-state index in [4.69, 9.17) is 0 Å². The highest BCUT2D eigenvalue weighted by molar-refractivity contribution is 5.74. The van der Waals surface area contributed by atoms with Crippen LogP contribution in [0.25, 0.3) is 0 Å². The van der Waals surface area contributed by atoms with Crippen molar-refractivity contribution in [3.8, 4) is 0 Å². The number of carbonyl (C=O) groups is 1. The summed E-state index contributed by atoms with van der Waals surface area (Å²) in [6, 6.07) is 8.68. The molecule has 1 saturated carbocycles. The third kappa shape index (κ3) is 4.54. The molecule has 3 rings (SSSR count). The van der Waals surface area contributed by atoms with E-state index < -0.39 is 0 Å². The molecule has 0 unspecified atom stereocenters. The number of urea groups is 1. The number of carbonyl (C=O) groups excluding carboxylic acids is 1. The van der Waals surface area contributed by atoms with Crippen molar-refractivity contribution in [2.45, 2.75) is 38.3 Å². The Hall–Kier alpha value is -2.01. The van der Waals surface area contributed by atoms with E-state index in [9.17, 15) is 9.90 Å². The summed E-state index contributed by atoms with van der Waals surface area (Å²) in [6.07, 6.45) is 8.33. The van der Waals surface area contributed by atoms with E-state index in [0.717, 1.165) is 44.3 Å². The number of nitrogens with zero attached hydrogens (tertiary/aromatic N) is 2. The summed E-state index contributed by atoms with van der Waals surface area (Å²) in [7, 11) is 1.88. The number of anilines is 1. The minimum atomic E-state index is -0.0136. The largest absolute Gasteiger partial charge is 0.396 e. The Labute approximate surface area is 150 Å². The van der Waals surface area contributed by atoms with Crippen LogP contribution in [0.1, 0.15) is 31.2 Å². The summed E-state index contributed by atoms with van der Waals surface area (Å²) in [5.74, 6) is 0.414. The molecular weight excluding hydrogens is 314 g/mol. The molecule has 136 valence electrons. The van der Waals surface area contributed by atoms with Gasteiger partial charge in [-0.25, -0.2) is 4.79 Å². The molecule has 25 heavy (non-hydrogen) atoms. The zero-order valence-corrected chi connectivity index (χ0v) is 15.0. The normalized spacial score (nSPS) is 22.9. The maximum absolute atomic E-state index is 12.4. The number of nitrogens with one attached hydrogen (secondary N) is 1. The van der Waals surface area contributed by atoms with Gasteiger partial charge in [0.15, 0.2) is 0 Å². The lowest BCUT2D eigenvalue weighted by molar-refractivity contribution is 0.134. The number of rotatable bonds is 5. The summed E-state index contributed by atoms with van der Waals surface area (Å²) in [4.78, 5) is 16.5. The molecule has 1 fully saturated rings. The summed E-state index contributed by atoms with van der Waals surface area (Å²) >= 11 is 0. The maximum atomic E-state index is 12.4. The third-order valence-electron chi connectivity index (χ3n) is 5.51. The van der Waals surface area contributed by atoms with Crippen LogP contribution in [-0.2, 0) is 6.54 Å². The highest BCUT2D eigenvalue weighted by Gasteiger charge is 2.26. The van der Waals surface area contributed by atoms with Gasteiger partial charge in [0.2, 0.25) is 0 Å². The Kier molecular flexibility index (Phi) is 5.97. The Morgan fingerprint density at radius 3 is 2.40 bits per heavy atom. The Balaban J connectivity index is 1.45. The second kappa shape index (κ2) is 8.39. The van der Waals surface area contributed by atoms with Gasteiger partial charge >= 0.3 is 6.03 Å². The standard InChI is InChI=1S/C20H29N3O2/c1-22(18-8-6-17(15-24)7-9-18)20(25)21-14-16-4-10-19(11-5-16)23-12-2-3-13-23/h2-5,10-11,17-18,24H,6-9,12-15H2,1H3,(H,21,25). The number of hydrogen-bond donors (Lipinski definition) is 2. The first-order valence-corrected chi connectivity index (χ1v) is 9.27. The summed E-state index contributed by atoms with van der Waals surface area (Å²) < 4.78 is 0. The van der Waals surface area contributed by atoms with Crippen molar-refractivity contribution < 1.29 is 9.90 Å². The molecule has 2 N–H and O–H groups in total. The lowest BCUT2D eigenvalue weighted by Crippen LogP contribution is -2.45. The monoisotopic (exact) mass is 343 g/mol. The minimum Gasteiger partial charge on any atom is -0.396 e. The van der Waals surface area contributed by atoms with Gasteiger partial charge in [0.25, 0.3) is 0 Å². The second-order valence-corrected chi connectivity index (χ2v) is 7.17. The number of aliphatic hydroxyl groups is 1. The van der Waals surface area contributed by atoms with E-state index in [1.807, 2.05) is 11.9 Å². The fourth-order valence-corrected chi connectivity index (χ4v) is 3.70. The van der Waals surface area contributed by atoms with Crippen molar-refractivity contribution in [1.82, 2.24) is 10.2 Å². The first-order valence-electron chi connectivity index (χ1n) is 9.27. The van der Waals surface area contributed by atoms with Gasteiger partial charge in [-0.15, -0.1) is 0 Å². The number of hydrogen-bond acceptors (Lipinski definition) is 3. The predicted octanol–water partition coefficient (Wildman–Crippen LogP) is 2.76.